The highest BCUT2D eigenvalue weighted by atomic mass is 35.5. The minimum atomic E-state index is -0.289. The molecule has 0 saturated carbocycles. The van der Waals surface area contributed by atoms with Gasteiger partial charge in [0.15, 0.2) is 0 Å². The largest absolute Gasteiger partial charge is 0.370 e. The molecule has 0 spiro atoms. The first-order valence-corrected chi connectivity index (χ1v) is 6.73. The second-order valence-electron chi connectivity index (χ2n) is 4.24. The van der Waals surface area contributed by atoms with Crippen LogP contribution in [0.1, 0.15) is 22.8 Å². The number of rotatable bonds is 4. The Kier molecular flexibility index (Phi) is 4.75. The van der Waals surface area contributed by atoms with Gasteiger partial charge in [-0.3, -0.25) is 4.79 Å². The standard InChI is InChI=1S/C15H13ClN4O/c1-2-18-14-8-11(7-13(16)20-14)15(21)19-12-5-3-10(9-17)4-6-12/h3-8H,2H2,1H3,(H,18,20)(H,19,21). The lowest BCUT2D eigenvalue weighted by Gasteiger charge is -2.08. The van der Waals surface area contributed by atoms with Crippen LogP contribution in [-0.4, -0.2) is 17.4 Å². The molecule has 6 heteroatoms. The Morgan fingerprint density at radius 2 is 2.05 bits per heavy atom. The molecule has 0 atom stereocenters. The first-order chi connectivity index (χ1) is 10.1. The van der Waals surface area contributed by atoms with Crippen LogP contribution < -0.4 is 10.6 Å². The summed E-state index contributed by atoms with van der Waals surface area (Å²) in [6, 6.07) is 11.8. The van der Waals surface area contributed by atoms with Crippen LogP contribution >= 0.6 is 11.6 Å². The van der Waals surface area contributed by atoms with Gasteiger partial charge < -0.3 is 10.6 Å². The first-order valence-electron chi connectivity index (χ1n) is 6.35. The van der Waals surface area contributed by atoms with E-state index in [0.717, 1.165) is 0 Å². The molecule has 1 aromatic carbocycles. The quantitative estimate of drug-likeness (QED) is 0.849. The van der Waals surface area contributed by atoms with E-state index in [1.54, 1.807) is 30.3 Å². The van der Waals surface area contributed by atoms with E-state index in [1.807, 2.05) is 13.0 Å². The van der Waals surface area contributed by atoms with E-state index in [4.69, 9.17) is 16.9 Å². The Morgan fingerprint density at radius 3 is 2.67 bits per heavy atom. The number of carbonyl (C=O) groups excluding carboxylic acids is 1. The van der Waals surface area contributed by atoms with Gasteiger partial charge in [0.05, 0.1) is 11.6 Å². The number of benzene rings is 1. The third-order valence-electron chi connectivity index (χ3n) is 2.69. The third-order valence-corrected chi connectivity index (χ3v) is 2.88. The molecule has 2 aromatic rings. The van der Waals surface area contributed by atoms with Gasteiger partial charge in [-0.15, -0.1) is 0 Å². The van der Waals surface area contributed by atoms with Crippen LogP contribution in [0.25, 0.3) is 0 Å². The number of nitrogens with one attached hydrogen (secondary N) is 2. The smallest absolute Gasteiger partial charge is 0.255 e. The van der Waals surface area contributed by atoms with Gasteiger partial charge in [-0.05, 0) is 43.3 Å². The lowest BCUT2D eigenvalue weighted by Crippen LogP contribution is -2.13. The zero-order valence-electron chi connectivity index (χ0n) is 11.4. The minimum Gasteiger partial charge on any atom is -0.370 e. The summed E-state index contributed by atoms with van der Waals surface area (Å²) in [5.74, 6) is 0.262. The number of halogens is 1. The third kappa shape index (κ3) is 3.94. The Balaban J connectivity index is 2.17. The van der Waals surface area contributed by atoms with Crippen molar-refractivity contribution in [3.8, 4) is 6.07 Å². The van der Waals surface area contributed by atoms with Gasteiger partial charge >= 0.3 is 0 Å². The topological polar surface area (TPSA) is 77.8 Å². The molecular formula is C15H13ClN4O. The van der Waals surface area contributed by atoms with Crippen molar-refractivity contribution < 1.29 is 4.79 Å². The number of hydrogen-bond acceptors (Lipinski definition) is 4. The Morgan fingerprint density at radius 1 is 1.33 bits per heavy atom. The van der Waals surface area contributed by atoms with Crippen LogP contribution in [0.4, 0.5) is 11.5 Å². The molecule has 106 valence electrons. The maximum Gasteiger partial charge on any atom is 0.255 e. The van der Waals surface area contributed by atoms with Crippen molar-refractivity contribution in [1.29, 1.82) is 5.26 Å². The number of nitriles is 1. The van der Waals surface area contributed by atoms with Gasteiger partial charge in [0.2, 0.25) is 0 Å². The molecule has 0 bridgehead atoms. The zero-order valence-corrected chi connectivity index (χ0v) is 12.1. The SMILES string of the molecule is CCNc1cc(C(=O)Nc2ccc(C#N)cc2)cc(Cl)n1. The average Bonchev–Trinajstić information content (AvgIpc) is 2.48. The molecule has 0 aliphatic heterocycles. The minimum absolute atomic E-state index is 0.249. The molecule has 0 radical (unpaired) electrons. The molecule has 0 aliphatic carbocycles. The monoisotopic (exact) mass is 300 g/mol. The fourth-order valence-electron chi connectivity index (χ4n) is 1.73. The number of nitrogens with zero attached hydrogens (tertiary/aromatic N) is 2. The summed E-state index contributed by atoms with van der Waals surface area (Å²) < 4.78 is 0. The van der Waals surface area contributed by atoms with Gasteiger partial charge in [-0.25, -0.2) is 4.98 Å². The lowest BCUT2D eigenvalue weighted by atomic mass is 10.2. The van der Waals surface area contributed by atoms with Crippen molar-refractivity contribution >= 4 is 29.0 Å². The molecule has 0 aliphatic rings. The highest BCUT2D eigenvalue weighted by Gasteiger charge is 2.09. The summed E-state index contributed by atoms with van der Waals surface area (Å²) >= 11 is 5.91. The van der Waals surface area contributed by atoms with Crippen LogP contribution in [-0.2, 0) is 0 Å². The van der Waals surface area contributed by atoms with E-state index >= 15 is 0 Å². The van der Waals surface area contributed by atoms with E-state index in [0.29, 0.717) is 29.2 Å². The summed E-state index contributed by atoms with van der Waals surface area (Å²) in [4.78, 5) is 16.3. The van der Waals surface area contributed by atoms with Crippen molar-refractivity contribution in [3.05, 3.63) is 52.7 Å². The van der Waals surface area contributed by atoms with Crippen LogP contribution in [0, 0.1) is 11.3 Å². The van der Waals surface area contributed by atoms with Crippen molar-refractivity contribution in [3.63, 3.8) is 0 Å². The van der Waals surface area contributed by atoms with E-state index in [9.17, 15) is 4.79 Å². The van der Waals surface area contributed by atoms with Crippen LogP contribution in [0.5, 0.6) is 0 Å². The molecule has 21 heavy (non-hydrogen) atoms. The van der Waals surface area contributed by atoms with E-state index in [2.05, 4.69) is 15.6 Å². The predicted molar refractivity (Wildman–Crippen MR) is 82.5 cm³/mol. The Hall–Kier alpha value is -2.58. The van der Waals surface area contributed by atoms with Crippen LogP contribution in [0.3, 0.4) is 0 Å². The molecule has 2 N–H and O–H groups in total. The van der Waals surface area contributed by atoms with Crippen molar-refractivity contribution in [2.45, 2.75) is 6.92 Å². The molecule has 0 saturated heterocycles. The highest BCUT2D eigenvalue weighted by molar-refractivity contribution is 6.30. The number of anilines is 2. The van der Waals surface area contributed by atoms with E-state index in [1.165, 1.54) is 6.07 Å². The summed E-state index contributed by atoms with van der Waals surface area (Å²) in [6.07, 6.45) is 0. The summed E-state index contributed by atoms with van der Waals surface area (Å²) in [5, 5.41) is 14.7. The molecule has 0 fully saturated rings. The molecule has 0 unspecified atom stereocenters. The van der Waals surface area contributed by atoms with Crippen molar-refractivity contribution in [1.82, 2.24) is 4.98 Å². The summed E-state index contributed by atoms with van der Waals surface area (Å²) in [6.45, 7) is 2.61. The lowest BCUT2D eigenvalue weighted by molar-refractivity contribution is 0.102. The van der Waals surface area contributed by atoms with E-state index in [-0.39, 0.29) is 11.1 Å². The molecule has 1 heterocycles. The van der Waals surface area contributed by atoms with Gasteiger partial charge in [0.25, 0.3) is 5.91 Å². The molecule has 2 rings (SSSR count). The van der Waals surface area contributed by atoms with E-state index < -0.39 is 0 Å². The first kappa shape index (κ1) is 14.8. The molecule has 1 amide bonds. The molecular weight excluding hydrogens is 288 g/mol. The van der Waals surface area contributed by atoms with Gasteiger partial charge in [0, 0.05) is 17.8 Å². The number of hydrogen-bond donors (Lipinski definition) is 2. The number of aromatic nitrogens is 1. The normalized spacial score (nSPS) is 9.76. The predicted octanol–water partition coefficient (Wildman–Crippen LogP) is 3.29. The second kappa shape index (κ2) is 6.73. The van der Waals surface area contributed by atoms with Crippen molar-refractivity contribution in [2.75, 3.05) is 17.2 Å². The maximum atomic E-state index is 12.2. The number of carbonyl (C=O) groups is 1. The van der Waals surface area contributed by atoms with Crippen LogP contribution in [0.15, 0.2) is 36.4 Å². The van der Waals surface area contributed by atoms with Gasteiger partial charge in [-0.2, -0.15) is 5.26 Å². The highest BCUT2D eigenvalue weighted by Crippen LogP contribution is 2.16. The second-order valence-corrected chi connectivity index (χ2v) is 4.62. The number of amides is 1. The van der Waals surface area contributed by atoms with Crippen molar-refractivity contribution in [2.24, 2.45) is 0 Å². The van der Waals surface area contributed by atoms with Gasteiger partial charge in [0.1, 0.15) is 11.0 Å². The maximum absolute atomic E-state index is 12.2. The number of pyridine rings is 1. The van der Waals surface area contributed by atoms with Gasteiger partial charge in [-0.1, -0.05) is 11.6 Å². The molecule has 5 nitrogen and oxygen atoms in total. The Labute approximate surface area is 127 Å². The Bertz CT molecular complexity index is 692. The zero-order chi connectivity index (χ0) is 15.2. The fraction of sp³-hybridized carbons (Fsp3) is 0.133. The summed E-state index contributed by atoms with van der Waals surface area (Å²) in [5.41, 5.74) is 1.56. The molecule has 1 aromatic heterocycles. The summed E-state index contributed by atoms with van der Waals surface area (Å²) in [7, 11) is 0. The average molecular weight is 301 g/mol. The van der Waals surface area contributed by atoms with Crippen LogP contribution in [0.2, 0.25) is 5.15 Å². The fourth-order valence-corrected chi connectivity index (χ4v) is 1.94.